The van der Waals surface area contributed by atoms with Crippen molar-refractivity contribution in [2.75, 3.05) is 13.2 Å². The van der Waals surface area contributed by atoms with Gasteiger partial charge >= 0.3 is 5.97 Å². The Balaban J connectivity index is 1.48. The summed E-state index contributed by atoms with van der Waals surface area (Å²) in [7, 11) is 0. The lowest BCUT2D eigenvalue weighted by molar-refractivity contribution is -0.131. The second-order valence-corrected chi connectivity index (χ2v) is 9.56. The summed E-state index contributed by atoms with van der Waals surface area (Å²) < 4.78 is 20.0. The number of halogens is 1. The molecule has 1 aliphatic rings. The lowest BCUT2D eigenvalue weighted by Gasteiger charge is -2.31. The fourth-order valence-corrected chi connectivity index (χ4v) is 4.63. The summed E-state index contributed by atoms with van der Waals surface area (Å²) in [5.74, 6) is -1.08. The zero-order chi connectivity index (χ0) is 24.0. The van der Waals surface area contributed by atoms with Gasteiger partial charge in [0.05, 0.1) is 18.8 Å². The van der Waals surface area contributed by atoms with Gasteiger partial charge in [0.1, 0.15) is 5.82 Å². The van der Waals surface area contributed by atoms with Gasteiger partial charge in [0, 0.05) is 23.7 Å². The van der Waals surface area contributed by atoms with E-state index in [4.69, 9.17) is 9.84 Å². The number of fused-ring (bicyclic) bond motifs is 1. The molecular weight excluding hydrogens is 421 g/mol. The normalized spacial score (nSPS) is 16.2. The molecule has 0 saturated carbocycles. The molecule has 3 rings (SSSR count). The molecule has 178 valence electrons. The van der Waals surface area contributed by atoms with Crippen molar-refractivity contribution in [3.05, 3.63) is 76.6 Å². The third kappa shape index (κ3) is 7.22. The zero-order valence-electron chi connectivity index (χ0n) is 19.6. The molecule has 0 fully saturated rings. The number of hydrogen-bond acceptors (Lipinski definition) is 4. The minimum absolute atomic E-state index is 0.0811. The van der Waals surface area contributed by atoms with Gasteiger partial charge in [-0.25, -0.2) is 9.18 Å². The first-order valence-electron chi connectivity index (χ1n) is 11.5. The van der Waals surface area contributed by atoms with Crippen LogP contribution in [-0.2, 0) is 22.4 Å². The number of benzene rings is 2. The summed E-state index contributed by atoms with van der Waals surface area (Å²) >= 11 is 0. The number of β-amino-alcohol motifs (C(OH)–C–C–N with tert-alkyl or cyclic N) is 1. The average molecular weight is 456 g/mol. The minimum atomic E-state index is -1.15. The van der Waals surface area contributed by atoms with Gasteiger partial charge in [-0.1, -0.05) is 36.4 Å². The Morgan fingerprint density at radius 2 is 1.88 bits per heavy atom. The Kier molecular flexibility index (Phi) is 8.40. The van der Waals surface area contributed by atoms with Crippen molar-refractivity contribution in [3.63, 3.8) is 0 Å². The number of rotatable bonds is 11. The van der Waals surface area contributed by atoms with E-state index in [-0.39, 0.29) is 17.7 Å². The Morgan fingerprint density at radius 3 is 2.52 bits per heavy atom. The van der Waals surface area contributed by atoms with Crippen molar-refractivity contribution in [1.82, 2.24) is 5.32 Å². The Morgan fingerprint density at radius 1 is 1.21 bits per heavy atom. The summed E-state index contributed by atoms with van der Waals surface area (Å²) in [6.07, 6.45) is 4.10. The lowest BCUT2D eigenvalue weighted by Crippen LogP contribution is -2.45. The van der Waals surface area contributed by atoms with Gasteiger partial charge in [-0.15, -0.1) is 0 Å². The molecule has 0 amide bonds. The molecule has 2 aromatic carbocycles. The van der Waals surface area contributed by atoms with Crippen LogP contribution in [0.2, 0.25) is 0 Å². The smallest absolute Gasteiger partial charge is 0.328 e. The van der Waals surface area contributed by atoms with E-state index in [0.29, 0.717) is 18.0 Å². The molecule has 0 aromatic heterocycles. The van der Waals surface area contributed by atoms with E-state index in [2.05, 4.69) is 43.4 Å². The fourth-order valence-electron chi connectivity index (χ4n) is 4.63. The highest BCUT2D eigenvalue weighted by Gasteiger charge is 2.28. The first kappa shape index (κ1) is 25.1. The molecule has 0 bridgehead atoms. The van der Waals surface area contributed by atoms with Gasteiger partial charge in [-0.3, -0.25) is 0 Å². The monoisotopic (exact) mass is 455 g/mol. The summed E-state index contributed by atoms with van der Waals surface area (Å²) in [5, 5.41) is 22.8. The number of ether oxygens (including phenoxy) is 1. The van der Waals surface area contributed by atoms with E-state index in [1.807, 2.05) is 0 Å². The molecule has 0 saturated heterocycles. The van der Waals surface area contributed by atoms with Crippen LogP contribution in [0.4, 0.5) is 4.39 Å². The number of carboxylic acids is 1. The van der Waals surface area contributed by atoms with E-state index in [9.17, 15) is 14.3 Å². The van der Waals surface area contributed by atoms with Gasteiger partial charge in [0.2, 0.25) is 0 Å². The lowest BCUT2D eigenvalue weighted by atomic mass is 9.88. The van der Waals surface area contributed by atoms with Gasteiger partial charge in [-0.2, -0.15) is 0 Å². The second-order valence-electron chi connectivity index (χ2n) is 9.56. The molecule has 2 aromatic rings. The SMILES string of the molecule is C[C@@H](OC[C@@H](O)CNC(C)(C)CC1Cc2ccccc2C1)c1cccc(F)c1/C=C/C(=O)O. The highest BCUT2D eigenvalue weighted by molar-refractivity contribution is 5.85. The van der Waals surface area contributed by atoms with E-state index in [1.165, 1.54) is 23.3 Å². The molecule has 0 spiro atoms. The van der Waals surface area contributed by atoms with Gasteiger partial charge in [-0.05, 0) is 74.8 Å². The van der Waals surface area contributed by atoms with Crippen molar-refractivity contribution in [1.29, 1.82) is 0 Å². The van der Waals surface area contributed by atoms with Crippen molar-refractivity contribution in [3.8, 4) is 0 Å². The maximum atomic E-state index is 14.2. The van der Waals surface area contributed by atoms with Crippen molar-refractivity contribution < 1.29 is 24.1 Å². The first-order valence-corrected chi connectivity index (χ1v) is 11.5. The van der Waals surface area contributed by atoms with Crippen LogP contribution in [0.25, 0.3) is 6.08 Å². The molecule has 5 nitrogen and oxygen atoms in total. The summed E-state index contributed by atoms with van der Waals surface area (Å²) in [6, 6.07) is 13.1. The van der Waals surface area contributed by atoms with E-state index >= 15 is 0 Å². The van der Waals surface area contributed by atoms with Crippen LogP contribution in [0.3, 0.4) is 0 Å². The standard InChI is InChI=1S/C27H34FNO4/c1-18(23-9-6-10-25(28)24(23)11-12-26(31)32)33-17-22(30)16-29-27(2,3)15-19-13-20-7-4-5-8-21(20)14-19/h4-12,18-19,22,29-30H,13-17H2,1-3H3,(H,31,32)/b12-11+/t18-,22+/m1/s1. The highest BCUT2D eigenvalue weighted by atomic mass is 19.1. The predicted molar refractivity (Wildman–Crippen MR) is 127 cm³/mol. The highest BCUT2D eigenvalue weighted by Crippen LogP contribution is 2.32. The molecule has 33 heavy (non-hydrogen) atoms. The number of carboxylic acid groups (broad SMARTS) is 1. The van der Waals surface area contributed by atoms with Crippen LogP contribution in [0.15, 0.2) is 48.5 Å². The molecule has 1 aliphatic carbocycles. The van der Waals surface area contributed by atoms with Gasteiger partial charge in [0.15, 0.2) is 0 Å². The summed E-state index contributed by atoms with van der Waals surface area (Å²) in [5.41, 5.74) is 3.47. The minimum Gasteiger partial charge on any atom is -0.478 e. The predicted octanol–water partition coefficient (Wildman–Crippen LogP) is 4.54. The summed E-state index contributed by atoms with van der Waals surface area (Å²) in [4.78, 5) is 10.8. The first-order chi connectivity index (χ1) is 15.6. The average Bonchev–Trinajstić information content (AvgIpc) is 3.16. The van der Waals surface area contributed by atoms with E-state index < -0.39 is 24.0 Å². The van der Waals surface area contributed by atoms with Crippen LogP contribution >= 0.6 is 0 Å². The molecule has 6 heteroatoms. The quantitative estimate of drug-likeness (QED) is 0.434. The van der Waals surface area contributed by atoms with Crippen LogP contribution < -0.4 is 5.32 Å². The molecule has 3 N–H and O–H groups in total. The Labute approximate surface area is 195 Å². The van der Waals surface area contributed by atoms with E-state index in [1.54, 1.807) is 19.1 Å². The molecule has 0 heterocycles. The second kappa shape index (κ2) is 11.1. The maximum absolute atomic E-state index is 14.2. The molecular formula is C27H34FNO4. The number of aliphatic hydroxyl groups excluding tert-OH is 1. The maximum Gasteiger partial charge on any atom is 0.328 e. The van der Waals surface area contributed by atoms with Gasteiger partial charge in [0.25, 0.3) is 0 Å². The van der Waals surface area contributed by atoms with E-state index in [0.717, 1.165) is 25.3 Å². The molecule has 0 aliphatic heterocycles. The van der Waals surface area contributed by atoms with Crippen molar-refractivity contribution >= 4 is 12.0 Å². The third-order valence-electron chi connectivity index (χ3n) is 6.21. The number of aliphatic hydroxyl groups is 1. The molecule has 0 radical (unpaired) electrons. The van der Waals surface area contributed by atoms with Crippen LogP contribution in [0, 0.1) is 11.7 Å². The van der Waals surface area contributed by atoms with Crippen molar-refractivity contribution in [2.24, 2.45) is 5.92 Å². The topological polar surface area (TPSA) is 78.8 Å². The number of nitrogens with one attached hydrogen (secondary N) is 1. The number of carbonyl (C=O) groups is 1. The van der Waals surface area contributed by atoms with Crippen LogP contribution in [0.1, 0.15) is 55.5 Å². The largest absolute Gasteiger partial charge is 0.478 e. The molecule has 2 atom stereocenters. The number of hydrogen-bond donors (Lipinski definition) is 3. The number of aliphatic carboxylic acids is 1. The van der Waals surface area contributed by atoms with Crippen molar-refractivity contribution in [2.45, 2.75) is 57.8 Å². The third-order valence-corrected chi connectivity index (χ3v) is 6.21. The fraction of sp³-hybridized carbons (Fsp3) is 0.444. The Hall–Kier alpha value is -2.54. The van der Waals surface area contributed by atoms with Crippen LogP contribution in [-0.4, -0.2) is 41.0 Å². The van der Waals surface area contributed by atoms with Gasteiger partial charge < -0.3 is 20.3 Å². The van der Waals surface area contributed by atoms with Crippen LogP contribution in [0.5, 0.6) is 0 Å². The molecule has 0 unspecified atom stereocenters. The Bertz CT molecular complexity index is 963. The zero-order valence-corrected chi connectivity index (χ0v) is 19.6. The summed E-state index contributed by atoms with van der Waals surface area (Å²) in [6.45, 7) is 6.53.